The molecule has 0 spiro atoms. The van der Waals surface area contributed by atoms with Crippen molar-refractivity contribution in [3.05, 3.63) is 0 Å². The minimum absolute atomic E-state index is 0.0120. The maximum Gasteiger partial charge on any atom is 0.389 e. The summed E-state index contributed by atoms with van der Waals surface area (Å²) in [6.07, 6.45) is -3.13. The van der Waals surface area contributed by atoms with Crippen molar-refractivity contribution in [1.82, 2.24) is 0 Å². The van der Waals surface area contributed by atoms with Crippen molar-refractivity contribution >= 4 is 5.97 Å². The maximum atomic E-state index is 12.0. The van der Waals surface area contributed by atoms with Crippen molar-refractivity contribution in [3.8, 4) is 0 Å². The smallest absolute Gasteiger partial charge is 0.389 e. The van der Waals surface area contributed by atoms with Gasteiger partial charge in [-0.3, -0.25) is 4.79 Å². The number of esters is 1. The monoisotopic (exact) mass is 297 g/mol. The number of carbonyl (C=O) groups is 1. The SMILES string of the molecule is C[C@@H]1OC(=O)[C@@H](N)CCCC[C@H]1OCCCC(F)(F)F. The Kier molecular flexibility index (Phi) is 6.75. The van der Waals surface area contributed by atoms with Gasteiger partial charge in [0.05, 0.1) is 6.10 Å². The summed E-state index contributed by atoms with van der Waals surface area (Å²) in [6, 6.07) is -0.624. The lowest BCUT2D eigenvalue weighted by Gasteiger charge is -2.24. The molecule has 0 radical (unpaired) electrons. The molecule has 1 fully saturated rings. The number of rotatable bonds is 4. The normalized spacial score (nSPS) is 29.2. The highest BCUT2D eigenvalue weighted by molar-refractivity contribution is 5.75. The molecule has 3 atom stereocenters. The zero-order valence-electron chi connectivity index (χ0n) is 11.6. The fraction of sp³-hybridized carbons (Fsp3) is 0.923. The van der Waals surface area contributed by atoms with Crippen LogP contribution in [0.4, 0.5) is 13.2 Å². The molecular weight excluding hydrogens is 275 g/mol. The van der Waals surface area contributed by atoms with Gasteiger partial charge in [-0.1, -0.05) is 12.8 Å². The van der Waals surface area contributed by atoms with Crippen molar-refractivity contribution in [1.29, 1.82) is 0 Å². The summed E-state index contributed by atoms with van der Waals surface area (Å²) in [4.78, 5) is 11.6. The molecule has 4 nitrogen and oxygen atoms in total. The van der Waals surface area contributed by atoms with Crippen molar-refractivity contribution in [2.45, 2.75) is 69.9 Å². The summed E-state index contributed by atoms with van der Waals surface area (Å²) in [5.41, 5.74) is 5.65. The van der Waals surface area contributed by atoms with E-state index in [2.05, 4.69) is 0 Å². The molecule has 1 aliphatic heterocycles. The summed E-state index contributed by atoms with van der Waals surface area (Å²) in [6.45, 7) is 1.70. The number of ether oxygens (including phenoxy) is 2. The Hall–Kier alpha value is -0.820. The minimum Gasteiger partial charge on any atom is -0.459 e. The maximum absolute atomic E-state index is 12.0. The number of hydrogen-bond acceptors (Lipinski definition) is 4. The van der Waals surface area contributed by atoms with Crippen LogP contribution in [-0.4, -0.2) is 37.0 Å². The van der Waals surface area contributed by atoms with Crippen LogP contribution in [-0.2, 0) is 14.3 Å². The average molecular weight is 297 g/mol. The van der Waals surface area contributed by atoms with Gasteiger partial charge in [0.1, 0.15) is 12.1 Å². The number of hydrogen-bond donors (Lipinski definition) is 1. The largest absolute Gasteiger partial charge is 0.459 e. The lowest BCUT2D eigenvalue weighted by molar-refractivity contribution is -0.158. The Labute approximate surface area is 116 Å². The Balaban J connectivity index is 2.40. The lowest BCUT2D eigenvalue weighted by atomic mass is 10.1. The van der Waals surface area contributed by atoms with E-state index in [1.54, 1.807) is 6.92 Å². The van der Waals surface area contributed by atoms with Gasteiger partial charge in [-0.15, -0.1) is 0 Å². The van der Waals surface area contributed by atoms with E-state index in [1.807, 2.05) is 0 Å². The quantitative estimate of drug-likeness (QED) is 0.640. The summed E-state index contributed by atoms with van der Waals surface area (Å²) >= 11 is 0. The molecule has 0 aromatic rings. The number of halogens is 3. The molecule has 1 aliphatic rings. The molecule has 7 heteroatoms. The third-order valence-corrected chi connectivity index (χ3v) is 3.32. The molecule has 0 unspecified atom stereocenters. The van der Waals surface area contributed by atoms with Crippen LogP contribution < -0.4 is 5.73 Å². The van der Waals surface area contributed by atoms with Gasteiger partial charge in [-0.2, -0.15) is 13.2 Å². The molecule has 2 N–H and O–H groups in total. The number of alkyl halides is 3. The highest BCUT2D eigenvalue weighted by atomic mass is 19.4. The van der Waals surface area contributed by atoms with Gasteiger partial charge in [-0.05, 0) is 26.2 Å². The lowest BCUT2D eigenvalue weighted by Crippen LogP contribution is -2.37. The standard InChI is InChI=1S/C13H22F3NO3/c1-9-11(19-8-4-7-13(14,15)16)6-3-2-5-10(17)12(18)20-9/h9-11H,2-8,17H2,1H3/t9-,10-,11+/m0/s1. The van der Waals surface area contributed by atoms with Gasteiger partial charge in [-0.25, -0.2) is 0 Å². The predicted molar refractivity (Wildman–Crippen MR) is 67.0 cm³/mol. The molecule has 0 bridgehead atoms. The van der Waals surface area contributed by atoms with E-state index in [4.69, 9.17) is 15.2 Å². The van der Waals surface area contributed by atoms with Gasteiger partial charge < -0.3 is 15.2 Å². The van der Waals surface area contributed by atoms with Crippen molar-refractivity contribution < 1.29 is 27.4 Å². The van der Waals surface area contributed by atoms with Crippen LogP contribution in [0.2, 0.25) is 0 Å². The van der Waals surface area contributed by atoms with E-state index >= 15 is 0 Å². The van der Waals surface area contributed by atoms with Crippen LogP contribution in [0.1, 0.15) is 45.4 Å². The number of nitrogens with two attached hydrogens (primary N) is 1. The summed E-state index contributed by atoms with van der Waals surface area (Å²) < 4.78 is 46.7. The van der Waals surface area contributed by atoms with Crippen LogP contribution >= 0.6 is 0 Å². The Bertz CT molecular complexity index is 310. The predicted octanol–water partition coefficient (Wildman–Crippen LogP) is 2.55. The van der Waals surface area contributed by atoms with Gasteiger partial charge in [0.2, 0.25) is 0 Å². The Morgan fingerprint density at radius 2 is 2.00 bits per heavy atom. The highest BCUT2D eigenvalue weighted by Crippen LogP contribution is 2.22. The molecule has 20 heavy (non-hydrogen) atoms. The highest BCUT2D eigenvalue weighted by Gasteiger charge is 2.28. The van der Waals surface area contributed by atoms with E-state index in [-0.39, 0.29) is 19.1 Å². The van der Waals surface area contributed by atoms with Gasteiger partial charge in [0, 0.05) is 13.0 Å². The Morgan fingerprint density at radius 3 is 2.65 bits per heavy atom. The third kappa shape index (κ3) is 6.56. The van der Waals surface area contributed by atoms with Crippen LogP contribution in [0.25, 0.3) is 0 Å². The first kappa shape index (κ1) is 17.2. The van der Waals surface area contributed by atoms with E-state index in [9.17, 15) is 18.0 Å². The second kappa shape index (κ2) is 7.83. The molecule has 0 aromatic heterocycles. The second-order valence-corrected chi connectivity index (χ2v) is 5.16. The van der Waals surface area contributed by atoms with Crippen molar-refractivity contribution in [2.75, 3.05) is 6.61 Å². The zero-order chi connectivity index (χ0) is 15.2. The summed E-state index contributed by atoms with van der Waals surface area (Å²) in [5, 5.41) is 0. The molecule has 0 amide bonds. The van der Waals surface area contributed by atoms with E-state index in [0.717, 1.165) is 12.8 Å². The first-order valence-corrected chi connectivity index (χ1v) is 6.94. The van der Waals surface area contributed by atoms with Crippen LogP contribution in [0.3, 0.4) is 0 Å². The van der Waals surface area contributed by atoms with Gasteiger partial charge >= 0.3 is 12.1 Å². The number of cyclic esters (lactones) is 1. The fourth-order valence-electron chi connectivity index (χ4n) is 2.13. The first-order chi connectivity index (χ1) is 9.29. The topological polar surface area (TPSA) is 61.5 Å². The van der Waals surface area contributed by atoms with E-state index in [0.29, 0.717) is 12.8 Å². The molecule has 0 aliphatic carbocycles. The van der Waals surface area contributed by atoms with Crippen molar-refractivity contribution in [2.24, 2.45) is 5.73 Å². The summed E-state index contributed by atoms with van der Waals surface area (Å²) in [5.74, 6) is -0.469. The second-order valence-electron chi connectivity index (χ2n) is 5.16. The van der Waals surface area contributed by atoms with Crippen LogP contribution in [0.15, 0.2) is 0 Å². The van der Waals surface area contributed by atoms with E-state index < -0.39 is 30.7 Å². The Morgan fingerprint density at radius 1 is 1.35 bits per heavy atom. The van der Waals surface area contributed by atoms with Gasteiger partial charge in [0.25, 0.3) is 0 Å². The first-order valence-electron chi connectivity index (χ1n) is 6.94. The van der Waals surface area contributed by atoms with Crippen molar-refractivity contribution in [3.63, 3.8) is 0 Å². The third-order valence-electron chi connectivity index (χ3n) is 3.32. The van der Waals surface area contributed by atoms with E-state index in [1.165, 1.54) is 0 Å². The molecule has 1 saturated heterocycles. The van der Waals surface area contributed by atoms with Crippen LogP contribution in [0, 0.1) is 0 Å². The molecule has 0 aromatic carbocycles. The zero-order valence-corrected chi connectivity index (χ0v) is 11.6. The average Bonchev–Trinajstić information content (AvgIpc) is 2.39. The molecule has 118 valence electrons. The molecule has 0 saturated carbocycles. The van der Waals surface area contributed by atoms with Gasteiger partial charge in [0.15, 0.2) is 0 Å². The molecule has 1 rings (SSSR count). The molecule has 1 heterocycles. The summed E-state index contributed by atoms with van der Waals surface area (Å²) in [7, 11) is 0. The fourth-order valence-corrected chi connectivity index (χ4v) is 2.13. The minimum atomic E-state index is -4.16. The molecular formula is C13H22F3NO3. The van der Waals surface area contributed by atoms with Crippen LogP contribution in [0.5, 0.6) is 0 Å². The number of carbonyl (C=O) groups excluding carboxylic acids is 1.